The predicted molar refractivity (Wildman–Crippen MR) is 59.1 cm³/mol. The topological polar surface area (TPSA) is 66.0 Å². The van der Waals surface area contributed by atoms with Crippen LogP contribution in [0.4, 0.5) is 0 Å². The average Bonchev–Trinajstić information content (AvgIpc) is 2.59. The first-order valence-corrected chi connectivity index (χ1v) is 4.86. The lowest BCUT2D eigenvalue weighted by atomic mass is 10.2. The molecular weight excluding hydrogens is 192 g/mol. The van der Waals surface area contributed by atoms with Crippen LogP contribution in [0.15, 0.2) is 18.2 Å². The molecule has 4 nitrogen and oxygen atoms in total. The molecule has 0 aliphatic heterocycles. The van der Waals surface area contributed by atoms with E-state index in [4.69, 9.17) is 5.11 Å². The lowest BCUT2D eigenvalue weighted by Crippen LogP contribution is -1.94. The maximum atomic E-state index is 10.6. The number of hydrogen-bond acceptors (Lipinski definition) is 2. The molecule has 0 radical (unpaired) electrons. The van der Waals surface area contributed by atoms with Crippen LogP contribution in [0, 0.1) is 6.92 Å². The predicted octanol–water partition coefficient (Wildman–Crippen LogP) is 2.60. The first-order valence-electron chi connectivity index (χ1n) is 4.86. The smallest absolute Gasteiger partial charge is 0.335 e. The molecule has 0 unspecified atom stereocenters. The van der Waals surface area contributed by atoms with Crippen LogP contribution >= 0.6 is 0 Å². The van der Waals surface area contributed by atoms with Crippen molar-refractivity contribution in [1.82, 2.24) is 9.97 Å². The van der Waals surface area contributed by atoms with Gasteiger partial charge < -0.3 is 10.1 Å². The molecule has 0 bridgehead atoms. The van der Waals surface area contributed by atoms with Gasteiger partial charge in [0, 0.05) is 0 Å². The standard InChI is InChI=1S/C9H8N2O2.C2H6/c1-5-10-7-3-2-6(9(12)13)4-8(7)11-5;1-2/h2-4H,1H3,(H,10,11)(H,12,13);1-2H3. The minimum Gasteiger partial charge on any atom is -0.478 e. The number of hydrogen-bond donors (Lipinski definition) is 2. The second-order valence-electron chi connectivity index (χ2n) is 2.86. The number of aryl methyl sites for hydroxylation is 1. The Labute approximate surface area is 88.0 Å². The third-order valence-corrected chi connectivity index (χ3v) is 1.85. The number of aromatic nitrogens is 2. The van der Waals surface area contributed by atoms with Gasteiger partial charge in [-0.2, -0.15) is 0 Å². The molecule has 2 N–H and O–H groups in total. The van der Waals surface area contributed by atoms with Crippen LogP contribution in [0.5, 0.6) is 0 Å². The van der Waals surface area contributed by atoms with Crippen molar-refractivity contribution in [2.24, 2.45) is 0 Å². The van der Waals surface area contributed by atoms with E-state index in [1.807, 2.05) is 20.8 Å². The van der Waals surface area contributed by atoms with Gasteiger partial charge in [-0.15, -0.1) is 0 Å². The Morgan fingerprint density at radius 2 is 2.07 bits per heavy atom. The van der Waals surface area contributed by atoms with Gasteiger partial charge in [-0.25, -0.2) is 9.78 Å². The van der Waals surface area contributed by atoms with E-state index < -0.39 is 5.97 Å². The molecule has 0 aliphatic rings. The first-order chi connectivity index (χ1) is 7.16. The van der Waals surface area contributed by atoms with Crippen LogP contribution < -0.4 is 0 Å². The van der Waals surface area contributed by atoms with Gasteiger partial charge in [0.15, 0.2) is 0 Å². The number of H-pyrrole nitrogens is 1. The van der Waals surface area contributed by atoms with Crippen molar-refractivity contribution in [2.45, 2.75) is 20.8 Å². The zero-order chi connectivity index (χ0) is 11.4. The van der Waals surface area contributed by atoms with Crippen LogP contribution in [0.25, 0.3) is 11.0 Å². The number of nitrogens with one attached hydrogen (secondary N) is 1. The summed E-state index contributed by atoms with van der Waals surface area (Å²) in [5, 5.41) is 8.72. The van der Waals surface area contributed by atoms with Gasteiger partial charge >= 0.3 is 5.97 Å². The molecule has 4 heteroatoms. The summed E-state index contributed by atoms with van der Waals surface area (Å²) in [7, 11) is 0. The molecule has 0 atom stereocenters. The van der Waals surface area contributed by atoms with E-state index in [1.54, 1.807) is 18.2 Å². The minimum atomic E-state index is -0.922. The fraction of sp³-hybridized carbons (Fsp3) is 0.273. The molecule has 15 heavy (non-hydrogen) atoms. The molecule has 2 rings (SSSR count). The van der Waals surface area contributed by atoms with Gasteiger partial charge in [0.2, 0.25) is 0 Å². The maximum absolute atomic E-state index is 10.6. The third-order valence-electron chi connectivity index (χ3n) is 1.85. The van der Waals surface area contributed by atoms with E-state index in [0.717, 1.165) is 16.9 Å². The number of carbonyl (C=O) groups is 1. The highest BCUT2D eigenvalue weighted by Gasteiger charge is 2.05. The van der Waals surface area contributed by atoms with Crippen molar-refractivity contribution in [3.8, 4) is 0 Å². The SMILES string of the molecule is CC.Cc1nc2ccc(C(=O)O)cc2[nH]1. The Balaban J connectivity index is 0.000000531. The zero-order valence-electron chi connectivity index (χ0n) is 9.03. The fourth-order valence-electron chi connectivity index (χ4n) is 1.27. The van der Waals surface area contributed by atoms with Crippen molar-refractivity contribution in [3.63, 3.8) is 0 Å². The summed E-state index contributed by atoms with van der Waals surface area (Å²) in [5.41, 5.74) is 1.83. The maximum Gasteiger partial charge on any atom is 0.335 e. The van der Waals surface area contributed by atoms with Gasteiger partial charge in [0.1, 0.15) is 5.82 Å². The highest BCUT2D eigenvalue weighted by Crippen LogP contribution is 2.13. The molecule has 0 aliphatic carbocycles. The number of carboxylic acids is 1. The molecule has 1 aromatic carbocycles. The summed E-state index contributed by atoms with van der Waals surface area (Å²) in [5.74, 6) is -0.133. The summed E-state index contributed by atoms with van der Waals surface area (Å²) in [6.45, 7) is 5.83. The molecule has 0 saturated carbocycles. The average molecular weight is 206 g/mol. The number of carboxylic acid groups (broad SMARTS) is 1. The number of fused-ring (bicyclic) bond motifs is 1. The molecule has 0 spiro atoms. The van der Waals surface area contributed by atoms with Crippen molar-refractivity contribution in [2.75, 3.05) is 0 Å². The third kappa shape index (κ3) is 2.34. The largest absolute Gasteiger partial charge is 0.478 e. The molecule has 0 fully saturated rings. The van der Waals surface area contributed by atoms with Crippen molar-refractivity contribution in [3.05, 3.63) is 29.6 Å². The Morgan fingerprint density at radius 1 is 1.40 bits per heavy atom. The molecule has 0 amide bonds. The van der Waals surface area contributed by atoms with Crippen LogP contribution in [0.3, 0.4) is 0 Å². The van der Waals surface area contributed by atoms with Crippen LogP contribution in [0.2, 0.25) is 0 Å². The van der Waals surface area contributed by atoms with Gasteiger partial charge in [-0.1, -0.05) is 13.8 Å². The van der Waals surface area contributed by atoms with Crippen LogP contribution in [-0.2, 0) is 0 Å². The van der Waals surface area contributed by atoms with Crippen molar-refractivity contribution in [1.29, 1.82) is 0 Å². The lowest BCUT2D eigenvalue weighted by Gasteiger charge is -1.92. The lowest BCUT2D eigenvalue weighted by molar-refractivity contribution is 0.0697. The van der Waals surface area contributed by atoms with Crippen LogP contribution in [-0.4, -0.2) is 21.0 Å². The molecular formula is C11H14N2O2. The summed E-state index contributed by atoms with van der Waals surface area (Å²) in [6, 6.07) is 4.82. The fourth-order valence-corrected chi connectivity index (χ4v) is 1.27. The second-order valence-corrected chi connectivity index (χ2v) is 2.86. The number of aromatic amines is 1. The second kappa shape index (κ2) is 4.59. The molecule has 1 heterocycles. The number of imidazole rings is 1. The Hall–Kier alpha value is -1.84. The Kier molecular flexibility index (Phi) is 3.44. The molecule has 80 valence electrons. The highest BCUT2D eigenvalue weighted by atomic mass is 16.4. The number of aromatic carboxylic acids is 1. The zero-order valence-corrected chi connectivity index (χ0v) is 9.03. The summed E-state index contributed by atoms with van der Waals surface area (Å²) in [6.07, 6.45) is 0. The van der Waals surface area contributed by atoms with E-state index in [9.17, 15) is 4.79 Å². The summed E-state index contributed by atoms with van der Waals surface area (Å²) in [4.78, 5) is 17.8. The van der Waals surface area contributed by atoms with E-state index >= 15 is 0 Å². The van der Waals surface area contributed by atoms with Crippen molar-refractivity contribution >= 4 is 17.0 Å². The summed E-state index contributed by atoms with van der Waals surface area (Å²) < 4.78 is 0. The molecule has 1 aromatic heterocycles. The quantitative estimate of drug-likeness (QED) is 0.753. The van der Waals surface area contributed by atoms with E-state index in [0.29, 0.717) is 0 Å². The van der Waals surface area contributed by atoms with Gasteiger partial charge in [-0.3, -0.25) is 0 Å². The van der Waals surface area contributed by atoms with Gasteiger partial charge in [-0.05, 0) is 25.1 Å². The van der Waals surface area contributed by atoms with E-state index in [1.165, 1.54) is 0 Å². The Bertz CT molecular complexity index is 474. The van der Waals surface area contributed by atoms with E-state index in [2.05, 4.69) is 9.97 Å². The van der Waals surface area contributed by atoms with E-state index in [-0.39, 0.29) is 5.56 Å². The van der Waals surface area contributed by atoms with Crippen LogP contribution in [0.1, 0.15) is 30.0 Å². The number of benzene rings is 1. The number of rotatable bonds is 1. The van der Waals surface area contributed by atoms with Gasteiger partial charge in [0.25, 0.3) is 0 Å². The molecule has 0 saturated heterocycles. The minimum absolute atomic E-state index is 0.274. The Morgan fingerprint density at radius 3 is 2.67 bits per heavy atom. The van der Waals surface area contributed by atoms with Gasteiger partial charge in [0.05, 0.1) is 16.6 Å². The highest BCUT2D eigenvalue weighted by molar-refractivity contribution is 5.92. The van der Waals surface area contributed by atoms with Crippen molar-refractivity contribution < 1.29 is 9.90 Å². The molecule has 2 aromatic rings. The monoisotopic (exact) mass is 206 g/mol. The summed E-state index contributed by atoms with van der Waals surface area (Å²) >= 11 is 0. The first kappa shape index (κ1) is 11.2. The normalized spacial score (nSPS) is 9.53. The number of nitrogens with zero attached hydrogens (tertiary/aromatic N) is 1.